The minimum Gasteiger partial charge on any atom is -0.496 e. The third-order valence-corrected chi connectivity index (χ3v) is 3.59. The van der Waals surface area contributed by atoms with Gasteiger partial charge in [-0.2, -0.15) is 0 Å². The maximum Gasteiger partial charge on any atom is 0.128 e. The average molecular weight is 251 g/mol. The molecule has 0 aromatic heterocycles. The first-order chi connectivity index (χ1) is 8.72. The average Bonchev–Trinajstić information content (AvgIpc) is 2.44. The van der Waals surface area contributed by atoms with E-state index in [0.29, 0.717) is 0 Å². The molecule has 0 bridgehead atoms. The second-order valence-electron chi connectivity index (χ2n) is 4.62. The molecule has 100 valence electrons. The van der Waals surface area contributed by atoms with Gasteiger partial charge in [-0.15, -0.1) is 0 Å². The predicted molar refractivity (Wildman–Crippen MR) is 70.2 cm³/mol. The third-order valence-electron chi connectivity index (χ3n) is 3.59. The second-order valence-corrected chi connectivity index (χ2v) is 4.62. The SMILES string of the molecule is COc1cc(C(O)CN)c(OC)c2c1CCCC2. The lowest BCUT2D eigenvalue weighted by Crippen LogP contribution is -2.16. The number of methoxy groups -OCH3 is 2. The molecule has 1 aliphatic carbocycles. The zero-order chi connectivity index (χ0) is 13.1. The minimum absolute atomic E-state index is 0.179. The van der Waals surface area contributed by atoms with Crippen LogP contribution in [0.2, 0.25) is 0 Å². The molecule has 0 amide bonds. The summed E-state index contributed by atoms with van der Waals surface area (Å²) in [5, 5.41) is 10.0. The van der Waals surface area contributed by atoms with Gasteiger partial charge in [0.05, 0.1) is 20.3 Å². The van der Waals surface area contributed by atoms with Crippen molar-refractivity contribution in [2.45, 2.75) is 31.8 Å². The number of benzene rings is 1. The summed E-state index contributed by atoms with van der Waals surface area (Å²) in [7, 11) is 3.30. The van der Waals surface area contributed by atoms with Gasteiger partial charge >= 0.3 is 0 Å². The lowest BCUT2D eigenvalue weighted by molar-refractivity contribution is 0.181. The van der Waals surface area contributed by atoms with E-state index in [1.165, 1.54) is 17.5 Å². The Kier molecular flexibility index (Phi) is 4.09. The van der Waals surface area contributed by atoms with Crippen molar-refractivity contribution in [3.8, 4) is 11.5 Å². The molecule has 4 nitrogen and oxygen atoms in total. The second kappa shape index (κ2) is 5.59. The Morgan fingerprint density at radius 2 is 1.89 bits per heavy atom. The molecular formula is C14H21NO3. The fourth-order valence-electron chi connectivity index (χ4n) is 2.69. The quantitative estimate of drug-likeness (QED) is 0.852. The number of hydrogen-bond acceptors (Lipinski definition) is 4. The molecule has 0 heterocycles. The van der Waals surface area contributed by atoms with Crippen LogP contribution in [0.1, 0.15) is 35.6 Å². The Hall–Kier alpha value is -1.26. The number of hydrogen-bond donors (Lipinski definition) is 2. The maximum absolute atomic E-state index is 10.0. The van der Waals surface area contributed by atoms with Gasteiger partial charge in [0.15, 0.2) is 0 Å². The molecule has 3 N–H and O–H groups in total. The molecule has 2 rings (SSSR count). The summed E-state index contributed by atoms with van der Waals surface area (Å²) in [6.45, 7) is 0.179. The Balaban J connectivity index is 2.60. The van der Waals surface area contributed by atoms with Crippen LogP contribution >= 0.6 is 0 Å². The van der Waals surface area contributed by atoms with E-state index in [1.807, 2.05) is 6.07 Å². The van der Waals surface area contributed by atoms with Crippen molar-refractivity contribution in [1.82, 2.24) is 0 Å². The first kappa shape index (κ1) is 13.2. The Morgan fingerprint density at radius 1 is 1.22 bits per heavy atom. The van der Waals surface area contributed by atoms with Crippen LogP contribution in [0.5, 0.6) is 11.5 Å². The van der Waals surface area contributed by atoms with Gasteiger partial charge in [0.1, 0.15) is 11.5 Å². The van der Waals surface area contributed by atoms with Crippen molar-refractivity contribution < 1.29 is 14.6 Å². The van der Waals surface area contributed by atoms with Crippen molar-refractivity contribution in [2.24, 2.45) is 5.73 Å². The Labute approximate surface area is 108 Å². The van der Waals surface area contributed by atoms with E-state index < -0.39 is 6.10 Å². The van der Waals surface area contributed by atoms with Crippen LogP contribution in [-0.2, 0) is 12.8 Å². The summed E-state index contributed by atoms with van der Waals surface area (Å²) in [6.07, 6.45) is 3.59. The van der Waals surface area contributed by atoms with Gasteiger partial charge in [-0.3, -0.25) is 0 Å². The van der Waals surface area contributed by atoms with Gasteiger partial charge in [0, 0.05) is 23.2 Å². The van der Waals surface area contributed by atoms with Gasteiger partial charge in [-0.05, 0) is 31.7 Å². The first-order valence-electron chi connectivity index (χ1n) is 6.37. The fraction of sp³-hybridized carbons (Fsp3) is 0.571. The van der Waals surface area contributed by atoms with Gasteiger partial charge < -0.3 is 20.3 Å². The number of ether oxygens (including phenoxy) is 2. The monoisotopic (exact) mass is 251 g/mol. The summed E-state index contributed by atoms with van der Waals surface area (Å²) in [6, 6.07) is 1.86. The largest absolute Gasteiger partial charge is 0.496 e. The topological polar surface area (TPSA) is 64.7 Å². The zero-order valence-electron chi connectivity index (χ0n) is 11.0. The minimum atomic E-state index is -0.707. The number of rotatable bonds is 4. The molecular weight excluding hydrogens is 230 g/mol. The Bertz CT molecular complexity index is 432. The van der Waals surface area contributed by atoms with Crippen LogP contribution in [0.25, 0.3) is 0 Å². The van der Waals surface area contributed by atoms with Gasteiger partial charge in [0.25, 0.3) is 0 Å². The molecule has 1 aromatic rings. The normalized spacial score (nSPS) is 16.0. The third kappa shape index (κ3) is 2.18. The molecule has 18 heavy (non-hydrogen) atoms. The Morgan fingerprint density at radius 3 is 2.44 bits per heavy atom. The molecule has 0 saturated carbocycles. The summed E-state index contributed by atoms with van der Waals surface area (Å²) in [5.74, 6) is 1.62. The summed E-state index contributed by atoms with van der Waals surface area (Å²) >= 11 is 0. The van der Waals surface area contributed by atoms with E-state index in [0.717, 1.165) is 36.3 Å². The van der Waals surface area contributed by atoms with Crippen molar-refractivity contribution >= 4 is 0 Å². The maximum atomic E-state index is 10.0. The van der Waals surface area contributed by atoms with E-state index >= 15 is 0 Å². The smallest absolute Gasteiger partial charge is 0.128 e. The summed E-state index contributed by atoms with van der Waals surface area (Å²) in [4.78, 5) is 0. The van der Waals surface area contributed by atoms with Gasteiger partial charge in [-0.25, -0.2) is 0 Å². The highest BCUT2D eigenvalue weighted by Crippen LogP contribution is 2.40. The summed E-state index contributed by atoms with van der Waals surface area (Å²) < 4.78 is 10.9. The number of aliphatic hydroxyl groups excluding tert-OH is 1. The first-order valence-corrected chi connectivity index (χ1v) is 6.37. The molecule has 0 aliphatic heterocycles. The highest BCUT2D eigenvalue weighted by molar-refractivity contribution is 5.55. The highest BCUT2D eigenvalue weighted by Gasteiger charge is 2.24. The molecule has 1 atom stereocenters. The van der Waals surface area contributed by atoms with E-state index in [1.54, 1.807) is 14.2 Å². The van der Waals surface area contributed by atoms with Gasteiger partial charge in [0.2, 0.25) is 0 Å². The summed E-state index contributed by atoms with van der Waals surface area (Å²) in [5.41, 5.74) is 8.67. The lowest BCUT2D eigenvalue weighted by Gasteiger charge is -2.25. The van der Waals surface area contributed by atoms with Crippen molar-refractivity contribution in [3.63, 3.8) is 0 Å². The van der Waals surface area contributed by atoms with E-state index in [-0.39, 0.29) is 6.54 Å². The molecule has 1 aromatic carbocycles. The van der Waals surface area contributed by atoms with Crippen molar-refractivity contribution in [1.29, 1.82) is 0 Å². The number of nitrogens with two attached hydrogens (primary N) is 1. The van der Waals surface area contributed by atoms with E-state index in [2.05, 4.69) is 0 Å². The van der Waals surface area contributed by atoms with Crippen molar-refractivity contribution in [2.75, 3.05) is 20.8 Å². The van der Waals surface area contributed by atoms with Crippen LogP contribution in [0.4, 0.5) is 0 Å². The molecule has 0 saturated heterocycles. The number of fused-ring (bicyclic) bond motifs is 1. The molecule has 0 spiro atoms. The van der Waals surface area contributed by atoms with Crippen LogP contribution in [0.3, 0.4) is 0 Å². The van der Waals surface area contributed by atoms with Crippen LogP contribution in [0.15, 0.2) is 6.07 Å². The van der Waals surface area contributed by atoms with Gasteiger partial charge in [-0.1, -0.05) is 0 Å². The predicted octanol–water partition coefficient (Wildman–Crippen LogP) is 1.57. The lowest BCUT2D eigenvalue weighted by atomic mass is 9.87. The van der Waals surface area contributed by atoms with E-state index in [4.69, 9.17) is 15.2 Å². The molecule has 1 aliphatic rings. The van der Waals surface area contributed by atoms with Crippen LogP contribution in [-0.4, -0.2) is 25.9 Å². The molecule has 1 unspecified atom stereocenters. The van der Waals surface area contributed by atoms with Crippen LogP contribution in [0, 0.1) is 0 Å². The fourth-order valence-corrected chi connectivity index (χ4v) is 2.69. The highest BCUT2D eigenvalue weighted by atomic mass is 16.5. The molecule has 4 heteroatoms. The standard InChI is InChI=1S/C14H21NO3/c1-17-13-7-11(12(16)8-15)14(18-2)10-6-4-3-5-9(10)13/h7,12,16H,3-6,8,15H2,1-2H3. The van der Waals surface area contributed by atoms with Crippen LogP contribution < -0.4 is 15.2 Å². The zero-order valence-corrected chi connectivity index (χ0v) is 11.0. The van der Waals surface area contributed by atoms with Crippen molar-refractivity contribution in [3.05, 3.63) is 22.8 Å². The molecule has 0 radical (unpaired) electrons. The van der Waals surface area contributed by atoms with E-state index in [9.17, 15) is 5.11 Å². The molecule has 0 fully saturated rings. The number of aliphatic hydroxyl groups is 1.